The molecule has 0 aliphatic carbocycles. The molecule has 1 aromatic carbocycles. The van der Waals surface area contributed by atoms with Crippen molar-refractivity contribution >= 4 is 10.0 Å². The minimum Gasteiger partial charge on any atom is -0.363 e. The van der Waals surface area contributed by atoms with Gasteiger partial charge in [0.1, 0.15) is 0 Å². The van der Waals surface area contributed by atoms with Gasteiger partial charge in [-0.05, 0) is 18.1 Å². The molecule has 0 amide bonds. The summed E-state index contributed by atoms with van der Waals surface area (Å²) in [5.41, 5.74) is 7.23. The highest BCUT2D eigenvalue weighted by molar-refractivity contribution is 7.89. The predicted molar refractivity (Wildman–Crippen MR) is 74.0 cm³/mol. The highest BCUT2D eigenvalue weighted by atomic mass is 32.2. The van der Waals surface area contributed by atoms with E-state index < -0.39 is 10.0 Å². The van der Waals surface area contributed by atoms with Gasteiger partial charge in [-0.3, -0.25) is 0 Å². The molecule has 0 saturated heterocycles. The van der Waals surface area contributed by atoms with Crippen LogP contribution >= 0.6 is 0 Å². The second kappa shape index (κ2) is 6.01. The smallest absolute Gasteiger partial charge is 0.242 e. The molecule has 4 N–H and O–H groups in total. The maximum atomic E-state index is 12.0. The predicted octanol–water partition coefficient (Wildman–Crippen LogP) is 0.994. The highest BCUT2D eigenvalue weighted by Gasteiger charge is 2.14. The quantitative estimate of drug-likeness (QED) is 0.737. The lowest BCUT2D eigenvalue weighted by Gasteiger charge is -2.04. The Labute approximate surface area is 112 Å². The molecule has 2 aromatic rings. The van der Waals surface area contributed by atoms with Gasteiger partial charge in [-0.1, -0.05) is 30.3 Å². The van der Waals surface area contributed by atoms with Crippen molar-refractivity contribution in [2.45, 2.75) is 17.9 Å². The van der Waals surface area contributed by atoms with Crippen molar-refractivity contribution in [1.29, 1.82) is 0 Å². The Hall–Kier alpha value is -1.63. The Bertz CT molecular complexity index is 620. The number of nitrogens with one attached hydrogen (secondary N) is 2. The van der Waals surface area contributed by atoms with Gasteiger partial charge < -0.3 is 10.7 Å². The molecule has 1 aromatic heterocycles. The third kappa shape index (κ3) is 3.66. The number of H-pyrrole nitrogens is 1. The molecule has 0 radical (unpaired) electrons. The Kier molecular flexibility index (Phi) is 4.36. The molecule has 1 heterocycles. The van der Waals surface area contributed by atoms with Crippen LogP contribution in [0.5, 0.6) is 0 Å². The van der Waals surface area contributed by atoms with Crippen molar-refractivity contribution in [2.75, 3.05) is 6.54 Å². The number of benzene rings is 1. The second-order valence-corrected chi connectivity index (χ2v) is 5.97. The maximum Gasteiger partial charge on any atom is 0.242 e. The van der Waals surface area contributed by atoms with E-state index in [9.17, 15) is 8.42 Å². The molecule has 0 bridgehead atoms. The van der Waals surface area contributed by atoms with E-state index in [0.29, 0.717) is 25.2 Å². The van der Waals surface area contributed by atoms with Gasteiger partial charge in [-0.25, -0.2) is 13.1 Å². The largest absolute Gasteiger partial charge is 0.363 e. The average molecular weight is 279 g/mol. The van der Waals surface area contributed by atoms with Gasteiger partial charge in [0.25, 0.3) is 0 Å². The fraction of sp³-hybridized carbons (Fsp3) is 0.231. The monoisotopic (exact) mass is 279 g/mol. The van der Waals surface area contributed by atoms with Crippen LogP contribution in [-0.4, -0.2) is 19.9 Å². The third-order valence-corrected chi connectivity index (χ3v) is 4.24. The minimum absolute atomic E-state index is 0.223. The first kappa shape index (κ1) is 13.8. The van der Waals surface area contributed by atoms with Crippen LogP contribution in [0.15, 0.2) is 47.5 Å². The zero-order valence-corrected chi connectivity index (χ0v) is 11.3. The van der Waals surface area contributed by atoms with Crippen molar-refractivity contribution in [1.82, 2.24) is 9.71 Å². The van der Waals surface area contributed by atoms with Crippen molar-refractivity contribution in [3.8, 4) is 0 Å². The van der Waals surface area contributed by atoms with Gasteiger partial charge >= 0.3 is 0 Å². The third-order valence-electron chi connectivity index (χ3n) is 2.80. The van der Waals surface area contributed by atoms with Crippen LogP contribution in [0, 0.1) is 0 Å². The Morgan fingerprint density at radius 3 is 2.58 bits per heavy atom. The van der Waals surface area contributed by atoms with Gasteiger partial charge in [0.15, 0.2) is 0 Å². The number of nitrogens with two attached hydrogens (primary N) is 1. The van der Waals surface area contributed by atoms with E-state index in [1.807, 2.05) is 30.3 Å². The van der Waals surface area contributed by atoms with Gasteiger partial charge in [-0.15, -0.1) is 0 Å². The maximum absolute atomic E-state index is 12.0. The van der Waals surface area contributed by atoms with E-state index in [1.165, 1.54) is 6.20 Å². The summed E-state index contributed by atoms with van der Waals surface area (Å²) in [6.45, 7) is 0.662. The van der Waals surface area contributed by atoms with E-state index in [4.69, 9.17) is 5.73 Å². The highest BCUT2D eigenvalue weighted by Crippen LogP contribution is 2.10. The van der Waals surface area contributed by atoms with Crippen LogP contribution in [-0.2, 0) is 23.0 Å². The van der Waals surface area contributed by atoms with Crippen molar-refractivity contribution < 1.29 is 8.42 Å². The summed E-state index contributed by atoms with van der Waals surface area (Å²) in [7, 11) is -3.46. The molecule has 102 valence electrons. The lowest BCUT2D eigenvalue weighted by Crippen LogP contribution is -2.25. The molecule has 0 fully saturated rings. The molecule has 2 rings (SSSR count). The van der Waals surface area contributed by atoms with Crippen LogP contribution in [0.3, 0.4) is 0 Å². The summed E-state index contributed by atoms with van der Waals surface area (Å²) in [4.78, 5) is 3.05. The summed E-state index contributed by atoms with van der Waals surface area (Å²) < 4.78 is 26.5. The zero-order valence-electron chi connectivity index (χ0n) is 10.5. The fourth-order valence-corrected chi connectivity index (χ4v) is 2.80. The molecule has 0 aliphatic heterocycles. The molecule has 0 atom stereocenters. The number of aromatic nitrogens is 1. The first-order chi connectivity index (χ1) is 9.12. The number of hydrogen-bond donors (Lipinski definition) is 3. The van der Waals surface area contributed by atoms with Gasteiger partial charge in [0.05, 0.1) is 4.90 Å². The van der Waals surface area contributed by atoms with Crippen molar-refractivity contribution in [3.05, 3.63) is 53.9 Å². The molecule has 0 spiro atoms. The first-order valence-corrected chi connectivity index (χ1v) is 7.51. The summed E-state index contributed by atoms with van der Waals surface area (Å²) in [5.74, 6) is 0. The van der Waals surface area contributed by atoms with Crippen LogP contribution in [0.1, 0.15) is 11.3 Å². The molecule has 0 saturated carbocycles. The zero-order chi connectivity index (χ0) is 13.7. The Morgan fingerprint density at radius 1 is 1.21 bits per heavy atom. The van der Waals surface area contributed by atoms with Gasteiger partial charge in [-0.2, -0.15) is 0 Å². The van der Waals surface area contributed by atoms with Gasteiger partial charge in [0.2, 0.25) is 10.0 Å². The second-order valence-electron chi connectivity index (χ2n) is 4.20. The summed E-state index contributed by atoms with van der Waals surface area (Å²) >= 11 is 0. The van der Waals surface area contributed by atoms with Gasteiger partial charge in [0, 0.05) is 25.0 Å². The number of aromatic amines is 1. The number of sulfonamides is 1. The van der Waals surface area contributed by atoms with E-state index in [2.05, 4.69) is 9.71 Å². The lowest BCUT2D eigenvalue weighted by molar-refractivity contribution is 0.582. The number of hydrogen-bond acceptors (Lipinski definition) is 3. The van der Waals surface area contributed by atoms with Crippen LogP contribution in [0.2, 0.25) is 0 Å². The summed E-state index contributed by atoms with van der Waals surface area (Å²) in [5, 5.41) is 0. The summed E-state index contributed by atoms with van der Waals surface area (Å²) in [6, 6.07) is 11.3. The fourth-order valence-electron chi connectivity index (χ4n) is 1.75. The molecular formula is C13H17N3O2S. The molecular weight excluding hydrogens is 262 g/mol. The van der Waals surface area contributed by atoms with Crippen LogP contribution in [0.4, 0.5) is 0 Å². The van der Waals surface area contributed by atoms with E-state index in [1.54, 1.807) is 6.07 Å². The molecule has 6 heteroatoms. The SMILES string of the molecule is NCc1cc(S(=O)(=O)NCCc2ccccc2)c[nH]1. The van der Waals surface area contributed by atoms with Crippen molar-refractivity contribution in [2.24, 2.45) is 5.73 Å². The normalized spacial score (nSPS) is 11.6. The van der Waals surface area contributed by atoms with Crippen LogP contribution in [0.25, 0.3) is 0 Å². The molecule has 5 nitrogen and oxygen atoms in total. The molecule has 0 unspecified atom stereocenters. The van der Waals surface area contributed by atoms with Crippen LogP contribution < -0.4 is 10.5 Å². The Balaban J connectivity index is 1.94. The number of rotatable bonds is 6. The average Bonchev–Trinajstić information content (AvgIpc) is 2.89. The summed E-state index contributed by atoms with van der Waals surface area (Å²) in [6.07, 6.45) is 2.11. The van der Waals surface area contributed by atoms with E-state index in [0.717, 1.165) is 5.56 Å². The molecule has 19 heavy (non-hydrogen) atoms. The minimum atomic E-state index is -3.46. The first-order valence-electron chi connectivity index (χ1n) is 6.03. The standard InChI is InChI=1S/C13H17N3O2S/c14-9-12-8-13(10-15-12)19(17,18)16-7-6-11-4-2-1-3-5-11/h1-5,8,10,15-16H,6-7,9,14H2. The lowest BCUT2D eigenvalue weighted by atomic mass is 10.2. The Morgan fingerprint density at radius 2 is 1.95 bits per heavy atom. The van der Waals surface area contributed by atoms with Crippen molar-refractivity contribution in [3.63, 3.8) is 0 Å². The van der Waals surface area contributed by atoms with E-state index in [-0.39, 0.29) is 4.90 Å². The molecule has 0 aliphatic rings. The van der Waals surface area contributed by atoms with E-state index >= 15 is 0 Å². The topological polar surface area (TPSA) is 88.0 Å².